The predicted molar refractivity (Wildman–Crippen MR) is 101 cm³/mol. The number of anilines is 1. The molecule has 1 aromatic heterocycles. The molecule has 6 nitrogen and oxygen atoms in total. The highest BCUT2D eigenvalue weighted by atomic mass is 32.2. The molecule has 26 heavy (non-hydrogen) atoms. The van der Waals surface area contributed by atoms with E-state index in [0.717, 1.165) is 22.2 Å². The minimum Gasteiger partial charge on any atom is -0.423 e. The lowest BCUT2D eigenvalue weighted by atomic mass is 10.1. The van der Waals surface area contributed by atoms with Crippen molar-refractivity contribution in [2.24, 2.45) is 0 Å². The lowest BCUT2D eigenvalue weighted by Gasteiger charge is -2.33. The number of nitrogens with zero attached hydrogens (tertiary/aromatic N) is 3. The second kappa shape index (κ2) is 6.41. The van der Waals surface area contributed by atoms with Gasteiger partial charge in [0, 0.05) is 26.2 Å². The fraction of sp³-hybridized carbons (Fsp3) is 0.316. The first-order chi connectivity index (χ1) is 12.4. The van der Waals surface area contributed by atoms with E-state index in [-0.39, 0.29) is 0 Å². The van der Waals surface area contributed by atoms with Gasteiger partial charge in [0.25, 0.3) is 6.01 Å². The van der Waals surface area contributed by atoms with Crippen LogP contribution in [0.5, 0.6) is 0 Å². The standard InChI is InChI=1S/C19H21N3O3S/c1-14-7-8-16(13-15(14)2)26(23,24)22-11-9-21(10-12-22)19-20-17-5-3-4-6-18(17)25-19/h3-8,13H,9-12H2,1-2H3. The molecule has 4 rings (SSSR count). The number of aromatic nitrogens is 1. The summed E-state index contributed by atoms with van der Waals surface area (Å²) in [7, 11) is -3.48. The third kappa shape index (κ3) is 2.97. The molecular formula is C19H21N3O3S. The topological polar surface area (TPSA) is 66.7 Å². The number of hydrogen-bond acceptors (Lipinski definition) is 5. The molecule has 0 spiro atoms. The van der Waals surface area contributed by atoms with Crippen molar-refractivity contribution in [2.45, 2.75) is 18.7 Å². The molecule has 3 aromatic rings. The van der Waals surface area contributed by atoms with Crippen molar-refractivity contribution in [2.75, 3.05) is 31.1 Å². The monoisotopic (exact) mass is 371 g/mol. The van der Waals surface area contributed by atoms with Crippen LogP contribution in [-0.4, -0.2) is 43.9 Å². The average Bonchev–Trinajstić information content (AvgIpc) is 3.08. The lowest BCUT2D eigenvalue weighted by molar-refractivity contribution is 0.373. The molecule has 0 saturated carbocycles. The van der Waals surface area contributed by atoms with Crippen LogP contribution >= 0.6 is 0 Å². The molecule has 0 unspecified atom stereocenters. The maximum atomic E-state index is 12.9. The summed E-state index contributed by atoms with van der Waals surface area (Å²) in [4.78, 5) is 6.84. The van der Waals surface area contributed by atoms with E-state index in [9.17, 15) is 8.42 Å². The summed E-state index contributed by atoms with van der Waals surface area (Å²) >= 11 is 0. The number of rotatable bonds is 3. The quantitative estimate of drug-likeness (QED) is 0.708. The van der Waals surface area contributed by atoms with Gasteiger partial charge >= 0.3 is 0 Å². The average molecular weight is 371 g/mol. The van der Waals surface area contributed by atoms with Crippen molar-refractivity contribution in [3.63, 3.8) is 0 Å². The fourth-order valence-electron chi connectivity index (χ4n) is 3.14. The second-order valence-corrected chi connectivity index (χ2v) is 8.54. The van der Waals surface area contributed by atoms with E-state index in [0.29, 0.717) is 37.1 Å². The van der Waals surface area contributed by atoms with Gasteiger partial charge in [0.1, 0.15) is 5.52 Å². The number of para-hydroxylation sites is 2. The van der Waals surface area contributed by atoms with Crippen LogP contribution < -0.4 is 4.90 Å². The highest BCUT2D eigenvalue weighted by Gasteiger charge is 2.30. The van der Waals surface area contributed by atoms with E-state index in [1.54, 1.807) is 12.1 Å². The van der Waals surface area contributed by atoms with Gasteiger partial charge in [-0.3, -0.25) is 0 Å². The summed E-state index contributed by atoms with van der Waals surface area (Å²) in [5.74, 6) is 0. The van der Waals surface area contributed by atoms with Crippen LogP contribution in [0.4, 0.5) is 6.01 Å². The van der Waals surface area contributed by atoms with Crippen molar-refractivity contribution in [1.29, 1.82) is 0 Å². The molecule has 1 aliphatic heterocycles. The van der Waals surface area contributed by atoms with Crippen LogP contribution in [-0.2, 0) is 10.0 Å². The number of benzene rings is 2. The molecule has 136 valence electrons. The van der Waals surface area contributed by atoms with Gasteiger partial charge in [-0.25, -0.2) is 8.42 Å². The maximum Gasteiger partial charge on any atom is 0.298 e. The first kappa shape index (κ1) is 17.1. The van der Waals surface area contributed by atoms with Gasteiger partial charge < -0.3 is 9.32 Å². The largest absolute Gasteiger partial charge is 0.423 e. The number of fused-ring (bicyclic) bond motifs is 1. The summed E-state index contributed by atoms with van der Waals surface area (Å²) in [5, 5.41) is 0. The molecule has 7 heteroatoms. The van der Waals surface area contributed by atoms with E-state index in [1.165, 1.54) is 4.31 Å². The Morgan fingerprint density at radius 3 is 2.38 bits per heavy atom. The summed E-state index contributed by atoms with van der Waals surface area (Å²) in [6, 6.07) is 13.5. The smallest absolute Gasteiger partial charge is 0.298 e. The van der Waals surface area contributed by atoms with Gasteiger partial charge in [-0.1, -0.05) is 18.2 Å². The van der Waals surface area contributed by atoms with Gasteiger partial charge in [0.05, 0.1) is 4.90 Å². The van der Waals surface area contributed by atoms with E-state index in [1.807, 2.05) is 49.1 Å². The van der Waals surface area contributed by atoms with Crippen LogP contribution in [0.15, 0.2) is 51.8 Å². The third-order valence-corrected chi connectivity index (χ3v) is 6.80. The van der Waals surface area contributed by atoms with Crippen molar-refractivity contribution < 1.29 is 12.8 Å². The third-order valence-electron chi connectivity index (χ3n) is 4.91. The van der Waals surface area contributed by atoms with Gasteiger partial charge in [-0.2, -0.15) is 9.29 Å². The Hall–Kier alpha value is -2.38. The maximum absolute atomic E-state index is 12.9. The Labute approximate surface area is 153 Å². The Morgan fingerprint density at radius 2 is 1.69 bits per heavy atom. The molecule has 0 atom stereocenters. The zero-order valence-corrected chi connectivity index (χ0v) is 15.7. The van der Waals surface area contributed by atoms with Crippen LogP contribution in [0.1, 0.15) is 11.1 Å². The number of piperazine rings is 1. The molecule has 1 aliphatic rings. The summed E-state index contributed by atoms with van der Waals surface area (Å²) < 4.78 is 33.1. The van der Waals surface area contributed by atoms with Crippen LogP contribution in [0.3, 0.4) is 0 Å². The van der Waals surface area contributed by atoms with Crippen LogP contribution in [0.25, 0.3) is 11.1 Å². The minimum absolute atomic E-state index is 0.357. The van der Waals surface area contributed by atoms with Gasteiger partial charge in [-0.15, -0.1) is 0 Å². The van der Waals surface area contributed by atoms with Gasteiger partial charge in [0.2, 0.25) is 10.0 Å². The van der Waals surface area contributed by atoms with Gasteiger partial charge in [-0.05, 0) is 49.2 Å². The lowest BCUT2D eigenvalue weighted by Crippen LogP contribution is -2.48. The molecule has 2 heterocycles. The minimum atomic E-state index is -3.48. The highest BCUT2D eigenvalue weighted by molar-refractivity contribution is 7.89. The molecule has 1 fully saturated rings. The normalized spacial score (nSPS) is 16.3. The zero-order valence-electron chi connectivity index (χ0n) is 14.8. The summed E-state index contributed by atoms with van der Waals surface area (Å²) in [6.45, 7) is 5.83. The molecule has 0 radical (unpaired) electrons. The number of hydrogen-bond donors (Lipinski definition) is 0. The van der Waals surface area contributed by atoms with Crippen molar-refractivity contribution >= 4 is 27.1 Å². The van der Waals surface area contributed by atoms with Gasteiger partial charge in [0.15, 0.2) is 5.58 Å². The Bertz CT molecular complexity index is 1020. The molecule has 0 aliphatic carbocycles. The van der Waals surface area contributed by atoms with Crippen molar-refractivity contribution in [3.8, 4) is 0 Å². The second-order valence-electron chi connectivity index (χ2n) is 6.60. The number of sulfonamides is 1. The molecule has 0 bridgehead atoms. The van der Waals surface area contributed by atoms with Crippen molar-refractivity contribution in [3.05, 3.63) is 53.6 Å². The number of oxazole rings is 1. The first-order valence-electron chi connectivity index (χ1n) is 8.63. The molecule has 1 saturated heterocycles. The number of aryl methyl sites for hydroxylation is 2. The Morgan fingerprint density at radius 1 is 0.962 bits per heavy atom. The molecule has 0 N–H and O–H groups in total. The van der Waals surface area contributed by atoms with E-state index >= 15 is 0 Å². The SMILES string of the molecule is Cc1ccc(S(=O)(=O)N2CCN(c3nc4ccccc4o3)CC2)cc1C. The zero-order chi connectivity index (χ0) is 18.3. The van der Waals surface area contributed by atoms with E-state index in [4.69, 9.17) is 4.42 Å². The first-order valence-corrected chi connectivity index (χ1v) is 10.1. The predicted octanol–water partition coefficient (Wildman–Crippen LogP) is 2.96. The molecule has 2 aromatic carbocycles. The Kier molecular flexibility index (Phi) is 4.20. The summed E-state index contributed by atoms with van der Waals surface area (Å²) in [5.41, 5.74) is 3.63. The van der Waals surface area contributed by atoms with Crippen molar-refractivity contribution in [1.82, 2.24) is 9.29 Å². The van der Waals surface area contributed by atoms with E-state index < -0.39 is 10.0 Å². The molecule has 0 amide bonds. The Balaban J connectivity index is 1.51. The van der Waals surface area contributed by atoms with E-state index in [2.05, 4.69) is 4.98 Å². The summed E-state index contributed by atoms with van der Waals surface area (Å²) in [6.07, 6.45) is 0. The van der Waals surface area contributed by atoms with Crippen LogP contribution in [0.2, 0.25) is 0 Å². The fourth-order valence-corrected chi connectivity index (χ4v) is 4.65. The van der Waals surface area contributed by atoms with Crippen LogP contribution in [0, 0.1) is 13.8 Å². The molecular weight excluding hydrogens is 350 g/mol. The highest BCUT2D eigenvalue weighted by Crippen LogP contribution is 2.25.